The first kappa shape index (κ1) is 20.6. The lowest BCUT2D eigenvalue weighted by Gasteiger charge is -2.27. The quantitative estimate of drug-likeness (QED) is 0.444. The number of rotatable bonds is 6. The van der Waals surface area contributed by atoms with E-state index in [2.05, 4.69) is 5.32 Å². The molecule has 0 bridgehead atoms. The Kier molecular flexibility index (Phi) is 6.06. The van der Waals surface area contributed by atoms with Crippen molar-refractivity contribution >= 4 is 17.3 Å². The third-order valence-corrected chi connectivity index (χ3v) is 4.65. The number of ether oxygens (including phenoxy) is 1. The number of hydrogen-bond acceptors (Lipinski definition) is 5. The van der Waals surface area contributed by atoms with Crippen LogP contribution in [0, 0.1) is 11.6 Å². The first-order chi connectivity index (χ1) is 13.8. The molecule has 0 aliphatic carbocycles. The van der Waals surface area contributed by atoms with Crippen LogP contribution in [0.15, 0.2) is 36.7 Å². The van der Waals surface area contributed by atoms with Gasteiger partial charge in [-0.05, 0) is 24.6 Å². The van der Waals surface area contributed by atoms with Crippen molar-refractivity contribution in [3.8, 4) is 5.75 Å². The molecule has 1 N–H and O–H groups in total. The standard InChI is InChI=1S/C18H18F4N4O3/c1-28-17-14(6-5-13(19)16(17)20)25-10-12(26(21)22)8-15(25)18(27)23-11-4-3-7-24(9-11)29-2/h3-7,9,12,15H,8,10H2,1-2H3/p+1. The van der Waals surface area contributed by atoms with Gasteiger partial charge in [0.05, 0.1) is 18.8 Å². The number of nitrogens with zero attached hydrogens (tertiary/aromatic N) is 3. The van der Waals surface area contributed by atoms with Gasteiger partial charge in [-0.25, -0.2) is 4.39 Å². The molecule has 3 rings (SSSR count). The van der Waals surface area contributed by atoms with Crippen molar-refractivity contribution in [2.45, 2.75) is 18.5 Å². The fourth-order valence-corrected chi connectivity index (χ4v) is 3.28. The van der Waals surface area contributed by atoms with Crippen LogP contribution in [-0.2, 0) is 4.79 Å². The minimum Gasteiger partial charge on any atom is -0.491 e. The zero-order valence-electron chi connectivity index (χ0n) is 15.6. The van der Waals surface area contributed by atoms with Gasteiger partial charge in [0.1, 0.15) is 18.8 Å². The molecule has 156 valence electrons. The smallest absolute Gasteiger partial charge is 0.247 e. The molecule has 1 aromatic carbocycles. The first-order valence-electron chi connectivity index (χ1n) is 8.61. The average Bonchev–Trinajstić information content (AvgIpc) is 3.15. The molecule has 2 unspecified atom stereocenters. The molecule has 1 fully saturated rings. The van der Waals surface area contributed by atoms with Crippen LogP contribution in [0.5, 0.6) is 5.75 Å². The summed E-state index contributed by atoms with van der Waals surface area (Å²) >= 11 is 0. The van der Waals surface area contributed by atoms with Crippen molar-refractivity contribution in [2.75, 3.05) is 31.0 Å². The number of carbonyl (C=O) groups excluding carboxylic acids is 1. The molecule has 0 radical (unpaired) electrons. The molecule has 0 spiro atoms. The van der Waals surface area contributed by atoms with E-state index in [9.17, 15) is 22.5 Å². The van der Waals surface area contributed by atoms with Crippen molar-refractivity contribution in [3.63, 3.8) is 0 Å². The Labute approximate surface area is 163 Å². The SMILES string of the molecule is COc1c(N2CC(N(F)F)CC2C(=O)Nc2ccc[n+](OC)c2)ccc(F)c1F. The predicted octanol–water partition coefficient (Wildman–Crippen LogP) is 1.98. The summed E-state index contributed by atoms with van der Waals surface area (Å²) in [6, 6.07) is 2.93. The molecule has 2 heterocycles. The number of anilines is 2. The van der Waals surface area contributed by atoms with Gasteiger partial charge in [-0.1, -0.05) is 0 Å². The summed E-state index contributed by atoms with van der Waals surface area (Å²) in [6.45, 7) is -0.278. The van der Waals surface area contributed by atoms with Crippen molar-refractivity contribution in [3.05, 3.63) is 48.3 Å². The highest BCUT2D eigenvalue weighted by Crippen LogP contribution is 2.38. The largest absolute Gasteiger partial charge is 0.491 e. The number of amides is 1. The van der Waals surface area contributed by atoms with Crippen LogP contribution in [0.3, 0.4) is 0 Å². The van der Waals surface area contributed by atoms with Crippen molar-refractivity contribution in [1.82, 2.24) is 5.34 Å². The number of methoxy groups -OCH3 is 1. The van der Waals surface area contributed by atoms with Crippen LogP contribution < -0.4 is 24.5 Å². The number of halogens is 4. The average molecular weight is 415 g/mol. The molecule has 1 aromatic heterocycles. The Morgan fingerprint density at radius 1 is 1.28 bits per heavy atom. The van der Waals surface area contributed by atoms with Crippen LogP contribution in [0.25, 0.3) is 0 Å². The number of pyridine rings is 1. The second-order valence-corrected chi connectivity index (χ2v) is 6.35. The normalized spacial score (nSPS) is 18.8. The van der Waals surface area contributed by atoms with Crippen LogP contribution in [0.4, 0.5) is 29.1 Å². The van der Waals surface area contributed by atoms with Gasteiger partial charge in [0.2, 0.25) is 24.1 Å². The molecular weight excluding hydrogens is 396 g/mol. The molecule has 1 aliphatic rings. The molecule has 7 nitrogen and oxygen atoms in total. The van der Waals surface area contributed by atoms with Gasteiger partial charge in [0, 0.05) is 22.7 Å². The van der Waals surface area contributed by atoms with E-state index < -0.39 is 40.7 Å². The Morgan fingerprint density at radius 2 is 2.03 bits per heavy atom. The summed E-state index contributed by atoms with van der Waals surface area (Å²) in [5, 5.41) is 1.64. The molecule has 29 heavy (non-hydrogen) atoms. The lowest BCUT2D eigenvalue weighted by Crippen LogP contribution is -2.42. The molecule has 1 amide bonds. The van der Waals surface area contributed by atoms with E-state index in [1.807, 2.05) is 0 Å². The summed E-state index contributed by atoms with van der Waals surface area (Å²) in [5.41, 5.74) is 0.383. The summed E-state index contributed by atoms with van der Waals surface area (Å²) in [7, 11) is 2.56. The Morgan fingerprint density at radius 3 is 2.69 bits per heavy atom. The fraction of sp³-hybridized carbons (Fsp3) is 0.333. The summed E-state index contributed by atoms with van der Waals surface area (Å²) in [6.07, 6.45) is 2.87. The minimum atomic E-state index is -1.27. The van der Waals surface area contributed by atoms with Crippen molar-refractivity contribution in [1.29, 1.82) is 0 Å². The van der Waals surface area contributed by atoms with Crippen LogP contribution in [0.1, 0.15) is 6.42 Å². The molecule has 11 heteroatoms. The molecule has 2 atom stereocenters. The second kappa shape index (κ2) is 8.52. The highest BCUT2D eigenvalue weighted by atomic mass is 19.4. The Bertz CT molecular complexity index is 899. The highest BCUT2D eigenvalue weighted by molar-refractivity contribution is 5.97. The van der Waals surface area contributed by atoms with Gasteiger partial charge in [0.25, 0.3) is 0 Å². The third-order valence-electron chi connectivity index (χ3n) is 4.65. The molecular formula is C18H19F4N4O3+. The number of carbonyl (C=O) groups is 1. The fourth-order valence-electron chi connectivity index (χ4n) is 3.28. The predicted molar refractivity (Wildman–Crippen MR) is 94.3 cm³/mol. The van der Waals surface area contributed by atoms with Crippen LogP contribution >= 0.6 is 0 Å². The first-order valence-corrected chi connectivity index (χ1v) is 8.61. The van der Waals surface area contributed by atoms with E-state index in [1.165, 1.54) is 29.0 Å². The van der Waals surface area contributed by atoms with E-state index in [0.717, 1.165) is 13.2 Å². The zero-order chi connectivity index (χ0) is 21.1. The van der Waals surface area contributed by atoms with Gasteiger partial charge in [-0.15, -0.1) is 8.96 Å². The van der Waals surface area contributed by atoms with E-state index in [1.54, 1.807) is 18.3 Å². The zero-order valence-corrected chi connectivity index (χ0v) is 15.6. The molecule has 2 aromatic rings. The summed E-state index contributed by atoms with van der Waals surface area (Å²) in [5.74, 6) is -3.44. The van der Waals surface area contributed by atoms with Gasteiger partial charge in [0.15, 0.2) is 11.6 Å². The second-order valence-electron chi connectivity index (χ2n) is 6.35. The van der Waals surface area contributed by atoms with E-state index in [0.29, 0.717) is 5.69 Å². The highest BCUT2D eigenvalue weighted by Gasteiger charge is 2.42. The number of hydrogen-bond donors (Lipinski definition) is 1. The number of aromatic nitrogens is 1. The van der Waals surface area contributed by atoms with E-state index >= 15 is 0 Å². The Balaban J connectivity index is 1.92. The summed E-state index contributed by atoms with van der Waals surface area (Å²) < 4.78 is 60.4. The topological polar surface area (TPSA) is 57.9 Å². The van der Waals surface area contributed by atoms with Gasteiger partial charge >= 0.3 is 0 Å². The maximum absolute atomic E-state index is 14.1. The third kappa shape index (κ3) is 4.19. The van der Waals surface area contributed by atoms with Crippen LogP contribution in [-0.4, -0.2) is 44.1 Å². The molecule has 0 saturated carbocycles. The molecule has 1 saturated heterocycles. The molecule has 1 aliphatic heterocycles. The lowest BCUT2D eigenvalue weighted by molar-refractivity contribution is -0.885. The van der Waals surface area contributed by atoms with E-state index in [-0.39, 0.29) is 18.7 Å². The maximum Gasteiger partial charge on any atom is 0.247 e. The lowest BCUT2D eigenvalue weighted by atomic mass is 10.1. The number of benzene rings is 1. The maximum atomic E-state index is 14.1. The van der Waals surface area contributed by atoms with Crippen molar-refractivity contribution < 1.29 is 36.8 Å². The summed E-state index contributed by atoms with van der Waals surface area (Å²) in [4.78, 5) is 19.1. The van der Waals surface area contributed by atoms with Crippen molar-refractivity contribution in [2.24, 2.45) is 0 Å². The van der Waals surface area contributed by atoms with Gasteiger partial charge in [-0.2, -0.15) is 4.39 Å². The Hall–Kier alpha value is -3.08. The number of nitrogens with one attached hydrogen (secondary N) is 1. The minimum absolute atomic E-state index is 0.0101. The van der Waals surface area contributed by atoms with E-state index in [4.69, 9.17) is 9.57 Å². The van der Waals surface area contributed by atoms with Gasteiger partial charge in [-0.3, -0.25) is 9.63 Å². The monoisotopic (exact) mass is 415 g/mol. The van der Waals surface area contributed by atoms with Crippen LogP contribution in [0.2, 0.25) is 0 Å². The van der Waals surface area contributed by atoms with Gasteiger partial charge < -0.3 is 15.0 Å².